The van der Waals surface area contributed by atoms with Gasteiger partial charge in [-0.05, 0) is 48.7 Å². The van der Waals surface area contributed by atoms with Crippen LogP contribution >= 0.6 is 0 Å². The van der Waals surface area contributed by atoms with Crippen molar-refractivity contribution >= 4 is 28.9 Å². The molecule has 6 nitrogen and oxygen atoms in total. The Balaban J connectivity index is 1.48. The highest BCUT2D eigenvalue weighted by Gasteiger charge is 2.07. The van der Waals surface area contributed by atoms with Crippen molar-refractivity contribution in [3.05, 3.63) is 84.4 Å². The third-order valence-electron chi connectivity index (χ3n) is 4.50. The summed E-state index contributed by atoms with van der Waals surface area (Å²) >= 11 is 0. The molecule has 0 heterocycles. The highest BCUT2D eigenvalue weighted by molar-refractivity contribution is 5.95. The van der Waals surface area contributed by atoms with E-state index in [2.05, 4.69) is 28.1 Å². The summed E-state index contributed by atoms with van der Waals surface area (Å²) in [4.78, 5) is 23.5. The number of ether oxygens (including phenoxy) is 1. The lowest BCUT2D eigenvalue weighted by Gasteiger charge is -2.13. The fourth-order valence-electron chi connectivity index (χ4n) is 3.10. The van der Waals surface area contributed by atoms with E-state index in [1.54, 1.807) is 24.3 Å². The van der Waals surface area contributed by atoms with Crippen molar-refractivity contribution in [3.63, 3.8) is 0 Å². The summed E-state index contributed by atoms with van der Waals surface area (Å²) in [5.74, 6) is 0.361. The summed E-state index contributed by atoms with van der Waals surface area (Å²) in [7, 11) is 0. The first-order valence-electron chi connectivity index (χ1n) is 10.3. The van der Waals surface area contributed by atoms with Crippen LogP contribution < -0.4 is 20.7 Å². The van der Waals surface area contributed by atoms with E-state index in [4.69, 9.17) is 4.74 Å². The average molecular weight is 418 g/mol. The zero-order valence-electron chi connectivity index (χ0n) is 17.6. The Morgan fingerprint density at radius 3 is 2.32 bits per heavy atom. The second kappa shape index (κ2) is 11.4. The smallest absolute Gasteiger partial charge is 0.243 e. The standard InChI is InChI=1S/C25H27N3O3/c1-19(29)27-21-12-7-13-22(17-21)28-25(30)18-26-23-14-5-6-15-24(23)31-16-8-11-20-9-3-2-4-10-20/h2-7,9-10,12-15,17,26H,8,11,16,18H2,1H3,(H,27,29)(H,28,30). The predicted octanol–water partition coefficient (Wildman–Crippen LogP) is 4.71. The van der Waals surface area contributed by atoms with E-state index in [9.17, 15) is 9.59 Å². The molecule has 0 atom stereocenters. The molecule has 0 unspecified atom stereocenters. The van der Waals surface area contributed by atoms with Crippen molar-refractivity contribution in [1.29, 1.82) is 0 Å². The number of carbonyl (C=O) groups is 2. The van der Waals surface area contributed by atoms with Crippen LogP contribution in [-0.4, -0.2) is 25.0 Å². The first-order valence-corrected chi connectivity index (χ1v) is 10.3. The van der Waals surface area contributed by atoms with Gasteiger partial charge in [-0.15, -0.1) is 0 Å². The van der Waals surface area contributed by atoms with Crippen LogP contribution in [0.3, 0.4) is 0 Å². The molecule has 0 aromatic heterocycles. The molecule has 3 aromatic rings. The molecular formula is C25H27N3O3. The Hall–Kier alpha value is -3.80. The van der Waals surface area contributed by atoms with Crippen LogP contribution in [0.4, 0.5) is 17.1 Å². The molecule has 160 valence electrons. The van der Waals surface area contributed by atoms with Gasteiger partial charge in [0.15, 0.2) is 0 Å². The van der Waals surface area contributed by atoms with Crippen molar-refractivity contribution in [2.45, 2.75) is 19.8 Å². The number of carbonyl (C=O) groups excluding carboxylic acids is 2. The highest BCUT2D eigenvalue weighted by atomic mass is 16.5. The average Bonchev–Trinajstić information content (AvgIpc) is 2.76. The minimum absolute atomic E-state index is 0.0920. The van der Waals surface area contributed by atoms with Crippen LogP contribution in [0.15, 0.2) is 78.9 Å². The van der Waals surface area contributed by atoms with Gasteiger partial charge in [-0.1, -0.05) is 48.5 Å². The SMILES string of the molecule is CC(=O)Nc1cccc(NC(=O)CNc2ccccc2OCCCc2ccccc2)c1. The van der Waals surface area contributed by atoms with E-state index in [0.717, 1.165) is 24.3 Å². The van der Waals surface area contributed by atoms with Gasteiger partial charge in [-0.25, -0.2) is 0 Å². The van der Waals surface area contributed by atoms with Gasteiger partial charge in [0.05, 0.1) is 18.8 Å². The monoisotopic (exact) mass is 417 g/mol. The van der Waals surface area contributed by atoms with E-state index in [-0.39, 0.29) is 18.4 Å². The van der Waals surface area contributed by atoms with E-state index in [1.807, 2.05) is 42.5 Å². The van der Waals surface area contributed by atoms with Crippen molar-refractivity contribution in [2.75, 3.05) is 29.1 Å². The predicted molar refractivity (Wildman–Crippen MR) is 125 cm³/mol. The second-order valence-electron chi connectivity index (χ2n) is 7.10. The van der Waals surface area contributed by atoms with E-state index >= 15 is 0 Å². The number of para-hydroxylation sites is 2. The van der Waals surface area contributed by atoms with Crippen LogP contribution in [0.5, 0.6) is 5.75 Å². The Bertz CT molecular complexity index is 1010. The molecule has 0 spiro atoms. The van der Waals surface area contributed by atoms with Crippen LogP contribution in [-0.2, 0) is 16.0 Å². The molecule has 0 saturated heterocycles. The number of benzene rings is 3. The Morgan fingerprint density at radius 1 is 0.839 bits per heavy atom. The fraction of sp³-hybridized carbons (Fsp3) is 0.200. The lowest BCUT2D eigenvalue weighted by molar-refractivity contribution is -0.115. The summed E-state index contributed by atoms with van der Waals surface area (Å²) in [5, 5.41) is 8.65. The summed E-state index contributed by atoms with van der Waals surface area (Å²) < 4.78 is 5.93. The van der Waals surface area contributed by atoms with E-state index in [0.29, 0.717) is 18.0 Å². The Kier molecular flexibility index (Phi) is 8.05. The number of rotatable bonds is 10. The minimum Gasteiger partial charge on any atom is -0.491 e. The number of amides is 2. The summed E-state index contributed by atoms with van der Waals surface area (Å²) in [6.45, 7) is 2.13. The number of hydrogen-bond acceptors (Lipinski definition) is 4. The molecular weight excluding hydrogens is 390 g/mol. The highest BCUT2D eigenvalue weighted by Crippen LogP contribution is 2.24. The minimum atomic E-state index is -0.196. The van der Waals surface area contributed by atoms with Gasteiger partial charge >= 0.3 is 0 Å². The van der Waals surface area contributed by atoms with Crippen LogP contribution in [0.25, 0.3) is 0 Å². The van der Waals surface area contributed by atoms with Gasteiger partial charge in [0.1, 0.15) is 5.75 Å². The van der Waals surface area contributed by atoms with Gasteiger partial charge in [0, 0.05) is 18.3 Å². The van der Waals surface area contributed by atoms with Crippen LogP contribution in [0, 0.1) is 0 Å². The number of aryl methyl sites for hydroxylation is 1. The van der Waals surface area contributed by atoms with E-state index < -0.39 is 0 Å². The number of hydrogen-bond donors (Lipinski definition) is 3. The molecule has 0 aliphatic carbocycles. The molecule has 0 aliphatic rings. The molecule has 0 radical (unpaired) electrons. The van der Waals surface area contributed by atoms with Gasteiger partial charge in [-0.3, -0.25) is 9.59 Å². The molecule has 6 heteroatoms. The normalized spacial score (nSPS) is 10.2. The third-order valence-corrected chi connectivity index (χ3v) is 4.50. The lowest BCUT2D eigenvalue weighted by Crippen LogP contribution is -2.22. The fourth-order valence-corrected chi connectivity index (χ4v) is 3.10. The second-order valence-corrected chi connectivity index (χ2v) is 7.10. The number of anilines is 3. The summed E-state index contributed by atoms with van der Waals surface area (Å²) in [6.07, 6.45) is 1.86. The first-order chi connectivity index (χ1) is 15.1. The largest absolute Gasteiger partial charge is 0.491 e. The maximum absolute atomic E-state index is 12.3. The summed E-state index contributed by atoms with van der Waals surface area (Å²) in [5.41, 5.74) is 3.30. The van der Waals surface area contributed by atoms with E-state index in [1.165, 1.54) is 12.5 Å². The van der Waals surface area contributed by atoms with Crippen LogP contribution in [0.1, 0.15) is 18.9 Å². The molecule has 31 heavy (non-hydrogen) atoms. The molecule has 0 fully saturated rings. The molecule has 0 aliphatic heterocycles. The maximum atomic E-state index is 12.3. The van der Waals surface area contributed by atoms with Gasteiger partial charge in [-0.2, -0.15) is 0 Å². The number of nitrogens with one attached hydrogen (secondary N) is 3. The van der Waals surface area contributed by atoms with Crippen molar-refractivity contribution in [2.24, 2.45) is 0 Å². The Morgan fingerprint density at radius 2 is 1.55 bits per heavy atom. The molecule has 3 rings (SSSR count). The third kappa shape index (κ3) is 7.51. The molecule has 0 bridgehead atoms. The van der Waals surface area contributed by atoms with Crippen molar-refractivity contribution < 1.29 is 14.3 Å². The topological polar surface area (TPSA) is 79.5 Å². The Labute approximate surface area is 182 Å². The first kappa shape index (κ1) is 21.9. The molecule has 2 amide bonds. The zero-order valence-corrected chi connectivity index (χ0v) is 17.6. The van der Waals surface area contributed by atoms with Crippen molar-refractivity contribution in [1.82, 2.24) is 0 Å². The lowest BCUT2D eigenvalue weighted by atomic mass is 10.1. The molecule has 3 N–H and O–H groups in total. The quantitative estimate of drug-likeness (QED) is 0.418. The van der Waals surface area contributed by atoms with Gasteiger partial charge in [0.25, 0.3) is 0 Å². The van der Waals surface area contributed by atoms with Gasteiger partial charge < -0.3 is 20.7 Å². The molecule has 0 saturated carbocycles. The van der Waals surface area contributed by atoms with Gasteiger partial charge in [0.2, 0.25) is 11.8 Å². The van der Waals surface area contributed by atoms with Crippen molar-refractivity contribution in [3.8, 4) is 5.75 Å². The van der Waals surface area contributed by atoms with Crippen LogP contribution in [0.2, 0.25) is 0 Å². The zero-order chi connectivity index (χ0) is 21.9. The molecule has 3 aromatic carbocycles. The summed E-state index contributed by atoms with van der Waals surface area (Å²) in [6, 6.07) is 24.9. The maximum Gasteiger partial charge on any atom is 0.243 e.